The van der Waals surface area contributed by atoms with E-state index < -0.39 is 0 Å². The average Bonchev–Trinajstić information content (AvgIpc) is 2.52. The summed E-state index contributed by atoms with van der Waals surface area (Å²) in [5, 5.41) is 1.93. The van der Waals surface area contributed by atoms with E-state index in [1.165, 1.54) is 20.9 Å². The summed E-state index contributed by atoms with van der Waals surface area (Å²) < 4.78 is 0. The molecule has 3 aromatic rings. The summed E-state index contributed by atoms with van der Waals surface area (Å²) >= 11 is 3.32. The highest BCUT2D eigenvalue weighted by molar-refractivity contribution is 8.00. The van der Waals surface area contributed by atoms with E-state index in [0.717, 1.165) is 10.1 Å². The van der Waals surface area contributed by atoms with Gasteiger partial charge in [0.1, 0.15) is 16.4 Å². The molecular formula is C18H16N2S2. The van der Waals surface area contributed by atoms with Crippen molar-refractivity contribution in [1.29, 1.82) is 0 Å². The summed E-state index contributed by atoms with van der Waals surface area (Å²) in [4.78, 5) is 11.1. The van der Waals surface area contributed by atoms with Crippen molar-refractivity contribution in [2.45, 2.75) is 33.7 Å². The molecule has 2 nitrogen and oxygen atoms in total. The largest absolute Gasteiger partial charge is 0.230 e. The minimum atomic E-state index is 0.966. The Hall–Kier alpha value is -1.78. The van der Waals surface area contributed by atoms with E-state index in [1.807, 2.05) is 6.07 Å². The van der Waals surface area contributed by atoms with Crippen LogP contribution in [-0.2, 0) is 0 Å². The molecule has 0 radical (unpaired) electrons. The van der Waals surface area contributed by atoms with E-state index in [0.29, 0.717) is 0 Å². The first-order valence-electron chi connectivity index (χ1n) is 7.00. The smallest absolute Gasteiger partial charge is 0.118 e. The predicted molar refractivity (Wildman–Crippen MR) is 92.6 cm³/mol. The molecule has 110 valence electrons. The van der Waals surface area contributed by atoms with Gasteiger partial charge in [-0.05, 0) is 38.1 Å². The summed E-state index contributed by atoms with van der Waals surface area (Å²) in [5.74, 6) is 0. The molecule has 0 amide bonds. The molecule has 0 aliphatic carbocycles. The van der Waals surface area contributed by atoms with Gasteiger partial charge in [-0.1, -0.05) is 58.9 Å². The van der Waals surface area contributed by atoms with Crippen LogP contribution in [0.15, 0.2) is 80.8 Å². The van der Waals surface area contributed by atoms with Gasteiger partial charge in [0.05, 0.1) is 0 Å². The highest BCUT2D eigenvalue weighted by Crippen LogP contribution is 2.31. The molecule has 22 heavy (non-hydrogen) atoms. The first-order valence-corrected chi connectivity index (χ1v) is 8.63. The fourth-order valence-corrected chi connectivity index (χ4v) is 3.53. The van der Waals surface area contributed by atoms with Crippen LogP contribution in [0.2, 0.25) is 0 Å². The van der Waals surface area contributed by atoms with Gasteiger partial charge in [0.25, 0.3) is 0 Å². The molecule has 0 saturated heterocycles. The molecule has 1 aromatic heterocycles. The molecule has 0 atom stereocenters. The van der Waals surface area contributed by atoms with E-state index in [4.69, 9.17) is 0 Å². The molecular weight excluding hydrogens is 308 g/mol. The van der Waals surface area contributed by atoms with E-state index in [1.54, 1.807) is 29.9 Å². The number of aromatic nitrogens is 2. The lowest BCUT2D eigenvalue weighted by molar-refractivity contribution is 0.962. The van der Waals surface area contributed by atoms with E-state index >= 15 is 0 Å². The van der Waals surface area contributed by atoms with Gasteiger partial charge in [-0.15, -0.1) is 0 Å². The molecule has 1 heterocycles. The monoisotopic (exact) mass is 324 g/mol. The third-order valence-electron chi connectivity index (χ3n) is 3.10. The van der Waals surface area contributed by atoms with Gasteiger partial charge in [0, 0.05) is 15.9 Å². The fourth-order valence-electron chi connectivity index (χ4n) is 1.89. The Morgan fingerprint density at radius 1 is 0.636 bits per heavy atom. The highest BCUT2D eigenvalue weighted by Gasteiger charge is 2.04. The van der Waals surface area contributed by atoms with Crippen LogP contribution in [0, 0.1) is 13.8 Å². The van der Waals surface area contributed by atoms with Crippen LogP contribution in [0.3, 0.4) is 0 Å². The van der Waals surface area contributed by atoms with Gasteiger partial charge in [-0.3, -0.25) is 0 Å². The van der Waals surface area contributed by atoms with Crippen LogP contribution in [-0.4, -0.2) is 9.97 Å². The Morgan fingerprint density at radius 3 is 1.45 bits per heavy atom. The van der Waals surface area contributed by atoms with Gasteiger partial charge in [0.2, 0.25) is 0 Å². The summed E-state index contributed by atoms with van der Waals surface area (Å²) in [6.07, 6.45) is 1.63. The van der Waals surface area contributed by atoms with E-state index in [9.17, 15) is 0 Å². The SMILES string of the molecule is Cc1ccc(Sc2cc(Sc3ccc(C)cc3)ncn2)cc1. The van der Waals surface area contributed by atoms with Crippen molar-refractivity contribution in [2.75, 3.05) is 0 Å². The molecule has 2 aromatic carbocycles. The minimum absolute atomic E-state index is 0.966. The molecule has 0 spiro atoms. The second-order valence-electron chi connectivity index (χ2n) is 5.02. The summed E-state index contributed by atoms with van der Waals surface area (Å²) in [5.41, 5.74) is 2.53. The maximum Gasteiger partial charge on any atom is 0.118 e. The lowest BCUT2D eigenvalue weighted by atomic mass is 10.2. The molecule has 0 bridgehead atoms. The first kappa shape index (κ1) is 15.1. The van der Waals surface area contributed by atoms with Crippen molar-refractivity contribution in [3.8, 4) is 0 Å². The maximum absolute atomic E-state index is 4.35. The van der Waals surface area contributed by atoms with Crippen LogP contribution in [0.4, 0.5) is 0 Å². The Bertz CT molecular complexity index is 690. The molecule has 0 fully saturated rings. The minimum Gasteiger partial charge on any atom is -0.230 e. The van der Waals surface area contributed by atoms with Crippen molar-refractivity contribution < 1.29 is 0 Å². The second-order valence-corrected chi connectivity index (χ2v) is 7.21. The Labute approximate surface area is 139 Å². The number of hydrogen-bond acceptors (Lipinski definition) is 4. The van der Waals surface area contributed by atoms with Crippen LogP contribution < -0.4 is 0 Å². The second kappa shape index (κ2) is 6.99. The third-order valence-corrected chi connectivity index (χ3v) is 4.98. The number of aryl methyl sites for hydroxylation is 2. The number of benzene rings is 2. The van der Waals surface area contributed by atoms with Crippen molar-refractivity contribution in [3.63, 3.8) is 0 Å². The fraction of sp³-hybridized carbons (Fsp3) is 0.111. The predicted octanol–water partition coefficient (Wildman–Crippen LogP) is 5.40. The zero-order valence-electron chi connectivity index (χ0n) is 12.5. The lowest BCUT2D eigenvalue weighted by Crippen LogP contribution is -1.86. The number of nitrogens with zero attached hydrogens (tertiary/aromatic N) is 2. The standard InChI is InChI=1S/C18H16N2S2/c1-13-3-7-15(8-4-13)21-17-11-18(20-12-19-17)22-16-9-5-14(2)6-10-16/h3-12H,1-2H3. The van der Waals surface area contributed by atoms with Gasteiger partial charge in [0.15, 0.2) is 0 Å². The van der Waals surface area contributed by atoms with Crippen molar-refractivity contribution >= 4 is 23.5 Å². The summed E-state index contributed by atoms with van der Waals surface area (Å²) in [7, 11) is 0. The van der Waals surface area contributed by atoms with Gasteiger partial charge >= 0.3 is 0 Å². The van der Waals surface area contributed by atoms with Crippen molar-refractivity contribution in [3.05, 3.63) is 72.1 Å². The molecule has 0 N–H and O–H groups in total. The summed E-state index contributed by atoms with van der Waals surface area (Å²) in [6.45, 7) is 4.19. The zero-order chi connectivity index (χ0) is 15.4. The van der Waals surface area contributed by atoms with Crippen LogP contribution >= 0.6 is 23.5 Å². The van der Waals surface area contributed by atoms with E-state index in [-0.39, 0.29) is 0 Å². The Kier molecular flexibility index (Phi) is 4.80. The first-order chi connectivity index (χ1) is 10.7. The van der Waals surface area contributed by atoms with Crippen LogP contribution in [0.25, 0.3) is 0 Å². The molecule has 0 unspecified atom stereocenters. The topological polar surface area (TPSA) is 25.8 Å². The average molecular weight is 324 g/mol. The Morgan fingerprint density at radius 2 is 1.05 bits per heavy atom. The van der Waals surface area contributed by atoms with E-state index in [2.05, 4.69) is 72.3 Å². The van der Waals surface area contributed by atoms with Gasteiger partial charge < -0.3 is 0 Å². The number of hydrogen-bond donors (Lipinski definition) is 0. The van der Waals surface area contributed by atoms with Gasteiger partial charge in [-0.25, -0.2) is 9.97 Å². The highest BCUT2D eigenvalue weighted by atomic mass is 32.2. The van der Waals surface area contributed by atoms with Crippen molar-refractivity contribution in [1.82, 2.24) is 9.97 Å². The maximum atomic E-state index is 4.35. The van der Waals surface area contributed by atoms with Gasteiger partial charge in [-0.2, -0.15) is 0 Å². The van der Waals surface area contributed by atoms with Crippen LogP contribution in [0.1, 0.15) is 11.1 Å². The zero-order valence-corrected chi connectivity index (χ0v) is 14.1. The molecule has 0 saturated carbocycles. The normalized spacial score (nSPS) is 10.6. The van der Waals surface area contributed by atoms with Crippen molar-refractivity contribution in [2.24, 2.45) is 0 Å². The molecule has 4 heteroatoms. The van der Waals surface area contributed by atoms with Crippen LogP contribution in [0.5, 0.6) is 0 Å². The summed E-state index contributed by atoms with van der Waals surface area (Å²) in [6, 6.07) is 19.0. The Balaban J connectivity index is 1.74. The number of rotatable bonds is 4. The molecule has 0 aliphatic heterocycles. The quantitative estimate of drug-likeness (QED) is 0.600. The molecule has 3 rings (SSSR count). The molecule has 0 aliphatic rings. The third kappa shape index (κ3) is 4.12. The lowest BCUT2D eigenvalue weighted by Gasteiger charge is -2.04.